The molecule has 0 unspecified atom stereocenters. The first-order valence-electron chi connectivity index (χ1n) is 5.05. The largest absolute Gasteiger partial charge is 0.394 e. The molecule has 0 aromatic heterocycles. The zero-order valence-electron chi connectivity index (χ0n) is 9.20. The fourth-order valence-electron chi connectivity index (χ4n) is 1.42. The van der Waals surface area contributed by atoms with Crippen LogP contribution >= 0.6 is 12.2 Å². The predicted octanol–water partition coefficient (Wildman–Crippen LogP) is -3.62. The van der Waals surface area contributed by atoms with E-state index in [0.29, 0.717) is 0 Å². The van der Waals surface area contributed by atoms with Crippen LogP contribution in [0.4, 0.5) is 0 Å². The highest BCUT2D eigenvalue weighted by Gasteiger charge is 2.43. The third-order valence-electron chi connectivity index (χ3n) is 2.45. The Morgan fingerprint density at radius 1 is 1.24 bits per heavy atom. The van der Waals surface area contributed by atoms with Crippen LogP contribution in [0.5, 0.6) is 0 Å². The second-order valence-corrected chi connectivity index (χ2v) is 4.01. The van der Waals surface area contributed by atoms with Gasteiger partial charge in [-0.1, -0.05) is 0 Å². The first kappa shape index (κ1) is 14.5. The molecule has 1 heterocycles. The molecule has 7 N–H and O–H groups in total. The van der Waals surface area contributed by atoms with E-state index in [2.05, 4.69) is 16.2 Å². The lowest BCUT2D eigenvalue weighted by molar-refractivity contribution is -0.238. The Morgan fingerprint density at radius 2 is 1.88 bits per heavy atom. The van der Waals surface area contributed by atoms with Gasteiger partial charge in [-0.15, -0.1) is 0 Å². The van der Waals surface area contributed by atoms with Gasteiger partial charge in [0, 0.05) is 7.05 Å². The van der Waals surface area contributed by atoms with Gasteiger partial charge >= 0.3 is 0 Å². The Balaban J connectivity index is 2.56. The molecule has 1 saturated heterocycles. The van der Waals surface area contributed by atoms with E-state index < -0.39 is 37.3 Å². The minimum atomic E-state index is -1.41. The number of aliphatic hydroxyl groups excluding tert-OH is 4. The molecule has 1 aliphatic heterocycles. The molecule has 1 aliphatic rings. The molecule has 100 valence electrons. The normalized spacial score (nSPS) is 37.6. The van der Waals surface area contributed by atoms with Gasteiger partial charge in [-0.25, -0.2) is 5.43 Å². The maximum atomic E-state index is 9.62. The van der Waals surface area contributed by atoms with Crippen LogP contribution in [-0.2, 0) is 4.74 Å². The molecule has 0 radical (unpaired) electrons. The van der Waals surface area contributed by atoms with Gasteiger partial charge in [0.1, 0.15) is 24.4 Å². The van der Waals surface area contributed by atoms with Crippen molar-refractivity contribution in [2.75, 3.05) is 13.7 Å². The Kier molecular flexibility index (Phi) is 5.46. The highest BCUT2D eigenvalue weighted by Crippen LogP contribution is 2.19. The summed E-state index contributed by atoms with van der Waals surface area (Å²) in [4.78, 5) is 0. The molecule has 0 saturated carbocycles. The predicted molar refractivity (Wildman–Crippen MR) is 61.7 cm³/mol. The molecule has 8 nitrogen and oxygen atoms in total. The summed E-state index contributed by atoms with van der Waals surface area (Å²) >= 11 is 4.79. The summed E-state index contributed by atoms with van der Waals surface area (Å²) in [5, 5.41) is 40.5. The summed E-state index contributed by atoms with van der Waals surface area (Å²) in [6, 6.07) is 0. The molecule has 0 spiro atoms. The van der Waals surface area contributed by atoms with Gasteiger partial charge in [-0.3, -0.25) is 5.43 Å². The molecular formula is C8H17N3O5S. The quantitative estimate of drug-likeness (QED) is 0.205. The monoisotopic (exact) mass is 267 g/mol. The van der Waals surface area contributed by atoms with Crippen LogP contribution in [0.1, 0.15) is 0 Å². The van der Waals surface area contributed by atoms with Gasteiger partial charge in [-0.2, -0.15) is 0 Å². The topological polar surface area (TPSA) is 126 Å². The zero-order chi connectivity index (χ0) is 13.0. The summed E-state index contributed by atoms with van der Waals surface area (Å²) in [7, 11) is 1.60. The minimum Gasteiger partial charge on any atom is -0.394 e. The third kappa shape index (κ3) is 3.45. The van der Waals surface area contributed by atoms with Crippen molar-refractivity contribution in [1.29, 1.82) is 0 Å². The summed E-state index contributed by atoms with van der Waals surface area (Å²) in [6.45, 7) is -0.473. The highest BCUT2D eigenvalue weighted by atomic mass is 32.1. The Hall–Kier alpha value is -0.550. The van der Waals surface area contributed by atoms with E-state index in [1.807, 2.05) is 0 Å². The zero-order valence-corrected chi connectivity index (χ0v) is 10.0. The lowest BCUT2D eigenvalue weighted by Crippen LogP contribution is -2.65. The molecule has 0 amide bonds. The van der Waals surface area contributed by atoms with Gasteiger partial charge in [0.2, 0.25) is 0 Å². The van der Waals surface area contributed by atoms with Crippen LogP contribution in [-0.4, -0.2) is 69.8 Å². The first-order valence-corrected chi connectivity index (χ1v) is 5.45. The van der Waals surface area contributed by atoms with Gasteiger partial charge in [0.05, 0.1) is 6.61 Å². The number of rotatable bonds is 3. The van der Waals surface area contributed by atoms with Crippen LogP contribution in [0, 0.1) is 0 Å². The Bertz CT molecular complexity index is 268. The van der Waals surface area contributed by atoms with Crippen LogP contribution in [0.15, 0.2) is 0 Å². The summed E-state index contributed by atoms with van der Waals surface area (Å²) in [5.74, 6) is 0. The van der Waals surface area contributed by atoms with E-state index in [0.717, 1.165) is 0 Å². The van der Waals surface area contributed by atoms with E-state index in [-0.39, 0.29) is 5.11 Å². The number of aliphatic hydroxyl groups is 4. The molecule has 0 aromatic carbocycles. The smallest absolute Gasteiger partial charge is 0.180 e. The van der Waals surface area contributed by atoms with Crippen molar-refractivity contribution in [3.63, 3.8) is 0 Å². The minimum absolute atomic E-state index is 0.266. The fourth-order valence-corrected chi connectivity index (χ4v) is 1.48. The van der Waals surface area contributed by atoms with Crippen molar-refractivity contribution in [3.8, 4) is 0 Å². The van der Waals surface area contributed by atoms with Crippen molar-refractivity contribution in [1.82, 2.24) is 16.2 Å². The molecule has 5 atom stereocenters. The van der Waals surface area contributed by atoms with Crippen LogP contribution in [0.2, 0.25) is 0 Å². The third-order valence-corrected chi connectivity index (χ3v) is 2.75. The molecular weight excluding hydrogens is 250 g/mol. The van der Waals surface area contributed by atoms with Gasteiger partial charge in [0.15, 0.2) is 11.3 Å². The highest BCUT2D eigenvalue weighted by molar-refractivity contribution is 7.80. The average molecular weight is 267 g/mol. The van der Waals surface area contributed by atoms with Crippen LogP contribution < -0.4 is 16.2 Å². The molecule has 1 fully saturated rings. The van der Waals surface area contributed by atoms with Crippen molar-refractivity contribution in [2.45, 2.75) is 30.6 Å². The van der Waals surface area contributed by atoms with E-state index in [1.54, 1.807) is 7.05 Å². The number of ether oxygens (including phenoxy) is 1. The summed E-state index contributed by atoms with van der Waals surface area (Å²) in [6.07, 6.45) is -6.08. The van der Waals surface area contributed by atoms with Gasteiger partial charge in [0.25, 0.3) is 0 Å². The van der Waals surface area contributed by atoms with E-state index in [9.17, 15) is 15.3 Å². The number of nitrogens with one attached hydrogen (secondary N) is 3. The Morgan fingerprint density at radius 3 is 2.41 bits per heavy atom. The number of thiocarbonyl (C=S) groups is 1. The molecule has 9 heteroatoms. The maximum Gasteiger partial charge on any atom is 0.180 e. The Labute approximate surface area is 104 Å². The molecule has 0 bridgehead atoms. The van der Waals surface area contributed by atoms with Crippen molar-refractivity contribution in [2.24, 2.45) is 0 Å². The van der Waals surface area contributed by atoms with Crippen molar-refractivity contribution in [3.05, 3.63) is 0 Å². The molecule has 0 aliphatic carbocycles. The maximum absolute atomic E-state index is 9.62. The van der Waals surface area contributed by atoms with Gasteiger partial charge < -0.3 is 30.5 Å². The van der Waals surface area contributed by atoms with Crippen molar-refractivity contribution < 1.29 is 25.2 Å². The fraction of sp³-hybridized carbons (Fsp3) is 0.875. The van der Waals surface area contributed by atoms with E-state index in [1.165, 1.54) is 0 Å². The number of hydrogen-bond donors (Lipinski definition) is 7. The van der Waals surface area contributed by atoms with Gasteiger partial charge in [-0.05, 0) is 12.2 Å². The standard InChI is InChI=1S/C8H17N3O5S/c1-9-8(17)11-10-7-6(15)5(14)4(13)3(2-12)16-7/h3-7,10,12-15H,2H2,1H3,(H2,9,11,17)/t3-,4+,5-,6-,7-/m1/s1. The number of hydrazine groups is 1. The number of hydrogen-bond acceptors (Lipinski definition) is 7. The summed E-state index contributed by atoms with van der Waals surface area (Å²) in [5.41, 5.74) is 5.05. The van der Waals surface area contributed by atoms with Crippen molar-refractivity contribution >= 4 is 17.3 Å². The molecule has 1 rings (SSSR count). The van der Waals surface area contributed by atoms with E-state index >= 15 is 0 Å². The molecule has 0 aromatic rings. The van der Waals surface area contributed by atoms with E-state index in [4.69, 9.17) is 22.1 Å². The SMILES string of the molecule is CNC(=S)NN[C@@H]1O[C@H](CO)[C@H](O)[C@@H](O)[C@H]1O. The second-order valence-electron chi connectivity index (χ2n) is 3.60. The second kappa shape index (κ2) is 6.40. The average Bonchev–Trinajstić information content (AvgIpc) is 2.34. The molecule has 17 heavy (non-hydrogen) atoms. The summed E-state index contributed by atoms with van der Waals surface area (Å²) < 4.78 is 5.15. The van der Waals surface area contributed by atoms with Crippen LogP contribution in [0.3, 0.4) is 0 Å². The lowest BCUT2D eigenvalue weighted by atomic mass is 9.99. The first-order chi connectivity index (χ1) is 8.01. The lowest BCUT2D eigenvalue weighted by Gasteiger charge is -2.40. The van der Waals surface area contributed by atoms with Crippen LogP contribution in [0.25, 0.3) is 0 Å².